The molecule has 0 saturated carbocycles. The van der Waals surface area contributed by atoms with Crippen LogP contribution in [0.5, 0.6) is 0 Å². The molecule has 0 radical (unpaired) electrons. The first-order chi connectivity index (χ1) is 7.45. The van der Waals surface area contributed by atoms with Gasteiger partial charge in [0, 0.05) is 0 Å². The van der Waals surface area contributed by atoms with Crippen molar-refractivity contribution in [3.05, 3.63) is 12.3 Å². The van der Waals surface area contributed by atoms with Crippen LogP contribution in [0, 0.1) is 0 Å². The first kappa shape index (κ1) is 16.1. The van der Waals surface area contributed by atoms with E-state index in [-0.39, 0.29) is 0 Å². The third-order valence-corrected chi connectivity index (χ3v) is 12.3. The molecule has 1 N–H and O–H groups in total. The van der Waals surface area contributed by atoms with Crippen molar-refractivity contribution in [1.82, 2.24) is 5.32 Å². The Bertz CT molecular complexity index is 190. The zero-order chi connectivity index (χ0) is 12.7. The van der Waals surface area contributed by atoms with Crippen molar-refractivity contribution >= 4 is 16.1 Å². The van der Waals surface area contributed by atoms with Gasteiger partial charge in [0.25, 0.3) is 0 Å². The lowest BCUT2D eigenvalue weighted by Gasteiger charge is -2.29. The summed E-state index contributed by atoms with van der Waals surface area (Å²) >= 11 is 0. The lowest BCUT2D eigenvalue weighted by Crippen LogP contribution is -2.41. The minimum absolute atomic E-state index is 0.897. The zero-order valence-electron chi connectivity index (χ0n) is 12.0. The molecule has 0 fully saturated rings. The van der Waals surface area contributed by atoms with Crippen molar-refractivity contribution in [1.29, 1.82) is 0 Å². The first-order valence-corrected chi connectivity index (χ1v) is 12.9. The van der Waals surface area contributed by atoms with Crippen LogP contribution in [0.3, 0.4) is 0 Å². The quantitative estimate of drug-likeness (QED) is 0.485. The predicted molar refractivity (Wildman–Crippen MR) is 82.6 cm³/mol. The van der Waals surface area contributed by atoms with Gasteiger partial charge in [-0.25, -0.2) is 0 Å². The molecule has 0 aromatic carbocycles. The Balaban J connectivity index is 3.92. The highest BCUT2D eigenvalue weighted by Crippen LogP contribution is 2.24. The van der Waals surface area contributed by atoms with Crippen molar-refractivity contribution in [3.8, 4) is 0 Å². The second-order valence-electron chi connectivity index (χ2n) is 5.68. The Morgan fingerprint density at radius 1 is 1.06 bits per heavy atom. The van der Waals surface area contributed by atoms with Crippen molar-refractivity contribution in [2.45, 2.75) is 58.0 Å². The number of hydrogen-bond acceptors (Lipinski definition) is 1. The molecule has 0 saturated heterocycles. The molecule has 16 heavy (non-hydrogen) atoms. The number of nitrogens with one attached hydrogen (secondary N) is 1. The van der Waals surface area contributed by atoms with Crippen LogP contribution in [-0.2, 0) is 0 Å². The Morgan fingerprint density at radius 2 is 1.56 bits per heavy atom. The molecule has 0 atom stereocenters. The fourth-order valence-corrected chi connectivity index (χ4v) is 6.35. The summed E-state index contributed by atoms with van der Waals surface area (Å²) in [6, 6.07) is 5.80. The maximum absolute atomic E-state index is 3.94. The monoisotopic (exact) mass is 257 g/mol. The molecule has 0 aromatic heterocycles. The number of rotatable bonds is 9. The van der Waals surface area contributed by atoms with Gasteiger partial charge in [-0.05, 0) is 18.8 Å². The normalized spacial score (nSPS) is 12.8. The lowest BCUT2D eigenvalue weighted by atomic mass is 10.7. The SMILES string of the molecule is C=C[Si](C)(C)CNCC[Si](CC)(CC)CC. The van der Waals surface area contributed by atoms with Crippen molar-refractivity contribution in [2.24, 2.45) is 0 Å². The van der Waals surface area contributed by atoms with E-state index in [1.54, 1.807) is 0 Å². The van der Waals surface area contributed by atoms with Crippen LogP contribution in [-0.4, -0.2) is 28.9 Å². The largest absolute Gasteiger partial charge is 0.319 e. The van der Waals surface area contributed by atoms with Crippen LogP contribution < -0.4 is 5.32 Å². The molecule has 0 bridgehead atoms. The van der Waals surface area contributed by atoms with Gasteiger partial charge < -0.3 is 5.32 Å². The fraction of sp³-hybridized carbons (Fsp3) is 0.846. The fourth-order valence-electron chi connectivity index (χ4n) is 2.12. The van der Waals surface area contributed by atoms with Crippen molar-refractivity contribution in [2.75, 3.05) is 12.7 Å². The topological polar surface area (TPSA) is 12.0 Å². The molecule has 96 valence electrons. The highest BCUT2D eigenvalue weighted by molar-refractivity contribution is 6.82. The summed E-state index contributed by atoms with van der Waals surface area (Å²) in [6.07, 6.45) is 1.19. The van der Waals surface area contributed by atoms with Crippen molar-refractivity contribution in [3.63, 3.8) is 0 Å². The number of hydrogen-bond donors (Lipinski definition) is 1. The smallest absolute Gasteiger partial charge is 0.0851 e. The van der Waals surface area contributed by atoms with E-state index in [2.05, 4.69) is 51.5 Å². The molecule has 0 rings (SSSR count). The summed E-state index contributed by atoms with van der Waals surface area (Å²) in [5.74, 6) is 0. The van der Waals surface area contributed by atoms with E-state index in [4.69, 9.17) is 0 Å². The van der Waals surface area contributed by atoms with E-state index in [0.717, 1.165) is 0 Å². The van der Waals surface area contributed by atoms with Crippen LogP contribution in [0.15, 0.2) is 12.3 Å². The van der Waals surface area contributed by atoms with Crippen LogP contribution in [0.1, 0.15) is 20.8 Å². The van der Waals surface area contributed by atoms with Gasteiger partial charge in [0.15, 0.2) is 0 Å². The summed E-state index contributed by atoms with van der Waals surface area (Å²) < 4.78 is 0. The van der Waals surface area contributed by atoms with E-state index in [0.29, 0.717) is 0 Å². The van der Waals surface area contributed by atoms with Gasteiger partial charge in [-0.15, -0.1) is 12.3 Å². The Labute approximate surface area is 105 Å². The summed E-state index contributed by atoms with van der Waals surface area (Å²) in [4.78, 5) is 0. The average Bonchev–Trinajstić information content (AvgIpc) is 2.30. The van der Waals surface area contributed by atoms with Gasteiger partial charge in [-0.1, -0.05) is 52.0 Å². The lowest BCUT2D eigenvalue weighted by molar-refractivity contribution is 0.801. The molecule has 0 aliphatic rings. The van der Waals surface area contributed by atoms with Gasteiger partial charge >= 0.3 is 0 Å². The van der Waals surface area contributed by atoms with E-state index in [9.17, 15) is 0 Å². The van der Waals surface area contributed by atoms with Crippen LogP contribution in [0.2, 0.25) is 37.3 Å². The van der Waals surface area contributed by atoms with Gasteiger partial charge in [0.1, 0.15) is 0 Å². The highest BCUT2D eigenvalue weighted by Gasteiger charge is 2.26. The molecule has 0 amide bonds. The Hall–Kier alpha value is 0.134. The maximum Gasteiger partial charge on any atom is 0.0851 e. The Morgan fingerprint density at radius 3 is 1.94 bits per heavy atom. The predicted octanol–water partition coefficient (Wildman–Crippen LogP) is 4.06. The molecule has 0 spiro atoms. The molecular weight excluding hydrogens is 226 g/mol. The molecule has 0 aliphatic heterocycles. The molecule has 0 aliphatic carbocycles. The van der Waals surface area contributed by atoms with Gasteiger partial charge in [0.2, 0.25) is 0 Å². The Kier molecular flexibility index (Phi) is 7.52. The third-order valence-electron chi connectivity index (χ3n) is 4.22. The summed E-state index contributed by atoms with van der Waals surface area (Å²) in [6.45, 7) is 17.1. The van der Waals surface area contributed by atoms with Gasteiger partial charge in [-0.3, -0.25) is 0 Å². The first-order valence-electron chi connectivity index (χ1n) is 6.79. The van der Waals surface area contributed by atoms with Gasteiger partial charge in [-0.2, -0.15) is 0 Å². The molecule has 3 heteroatoms. The van der Waals surface area contributed by atoms with Crippen LogP contribution in [0.25, 0.3) is 0 Å². The average molecular weight is 258 g/mol. The summed E-state index contributed by atoms with van der Waals surface area (Å²) in [7, 11) is -2.03. The van der Waals surface area contributed by atoms with Gasteiger partial charge in [0.05, 0.1) is 16.1 Å². The minimum Gasteiger partial charge on any atom is -0.319 e. The van der Waals surface area contributed by atoms with E-state index < -0.39 is 16.1 Å². The molecular formula is C13H31NSi2. The minimum atomic E-state index is -1.14. The van der Waals surface area contributed by atoms with Crippen LogP contribution >= 0.6 is 0 Å². The molecule has 0 heterocycles. The van der Waals surface area contributed by atoms with E-state index in [1.165, 1.54) is 36.9 Å². The zero-order valence-corrected chi connectivity index (χ0v) is 14.0. The van der Waals surface area contributed by atoms with Crippen molar-refractivity contribution < 1.29 is 0 Å². The molecule has 0 aromatic rings. The standard InChI is InChI=1S/C13H31NSi2/c1-7-15(5,6)13-14-11-12-16(8-2,9-3)10-4/h7,14H,1,8-13H2,2-6H3. The highest BCUT2D eigenvalue weighted by atomic mass is 28.3. The van der Waals surface area contributed by atoms with E-state index >= 15 is 0 Å². The third kappa shape index (κ3) is 5.46. The summed E-state index contributed by atoms with van der Waals surface area (Å²) in [5.41, 5.74) is 2.18. The summed E-state index contributed by atoms with van der Waals surface area (Å²) in [5, 5.41) is 3.66. The molecule has 0 unspecified atom stereocenters. The van der Waals surface area contributed by atoms with E-state index in [1.807, 2.05) is 0 Å². The second kappa shape index (κ2) is 7.46. The maximum atomic E-state index is 3.94. The van der Waals surface area contributed by atoms with Crippen LogP contribution in [0.4, 0.5) is 0 Å². The molecule has 1 nitrogen and oxygen atoms in total. The second-order valence-corrected chi connectivity index (χ2v) is 16.0.